The number of carbonyl (C=O) groups is 1. The van der Waals surface area contributed by atoms with Gasteiger partial charge in [0.2, 0.25) is 5.76 Å². The molecule has 0 saturated carbocycles. The summed E-state index contributed by atoms with van der Waals surface area (Å²) in [6, 6.07) is 3.23. The van der Waals surface area contributed by atoms with Crippen molar-refractivity contribution in [1.82, 2.24) is 0 Å². The van der Waals surface area contributed by atoms with Gasteiger partial charge in [-0.25, -0.2) is 4.79 Å². The summed E-state index contributed by atoms with van der Waals surface area (Å²) in [6.45, 7) is 5.88. The lowest BCUT2D eigenvalue weighted by molar-refractivity contribution is 0.0579. The highest BCUT2D eigenvalue weighted by molar-refractivity contribution is 5.86. The fourth-order valence-electron chi connectivity index (χ4n) is 1.38. The number of carbonyl (C=O) groups excluding carboxylic acids is 1. The summed E-state index contributed by atoms with van der Waals surface area (Å²) >= 11 is 0. The zero-order valence-electron chi connectivity index (χ0n) is 9.70. The highest BCUT2D eigenvalue weighted by Crippen LogP contribution is 2.12. The number of unbranched alkanes of at least 4 members (excludes halogenated alkanes) is 3. The predicted octanol–water partition coefficient (Wildman–Crippen LogP) is 3.92. The smallest absolute Gasteiger partial charge is 0.379 e. The van der Waals surface area contributed by atoms with Crippen LogP contribution in [-0.4, -0.2) is 5.97 Å². The molecule has 0 N–H and O–H groups in total. The van der Waals surface area contributed by atoms with E-state index < -0.39 is 5.97 Å². The Hall–Kier alpha value is -1.51. The maximum atomic E-state index is 11.4. The molecular formula is C13H18O3. The number of ether oxygens (including phenoxy) is 1. The molecular weight excluding hydrogens is 204 g/mol. The van der Waals surface area contributed by atoms with E-state index in [-0.39, 0.29) is 5.76 Å². The van der Waals surface area contributed by atoms with E-state index in [0.29, 0.717) is 5.76 Å². The first-order valence-corrected chi connectivity index (χ1v) is 5.67. The number of allylic oxidation sites excluding steroid dienone is 1. The summed E-state index contributed by atoms with van der Waals surface area (Å²) in [7, 11) is 0. The van der Waals surface area contributed by atoms with E-state index in [1.807, 2.05) is 0 Å². The number of hydrogen-bond acceptors (Lipinski definition) is 3. The van der Waals surface area contributed by atoms with Gasteiger partial charge in [-0.3, -0.25) is 0 Å². The number of rotatable bonds is 7. The summed E-state index contributed by atoms with van der Waals surface area (Å²) in [5, 5.41) is 0. The Morgan fingerprint density at radius 2 is 2.25 bits per heavy atom. The summed E-state index contributed by atoms with van der Waals surface area (Å²) < 4.78 is 9.97. The first-order chi connectivity index (χ1) is 7.74. The Morgan fingerprint density at radius 1 is 1.44 bits per heavy atom. The van der Waals surface area contributed by atoms with E-state index in [2.05, 4.69) is 13.5 Å². The molecule has 0 radical (unpaired) electrons. The van der Waals surface area contributed by atoms with E-state index in [0.717, 1.165) is 19.3 Å². The van der Waals surface area contributed by atoms with E-state index in [9.17, 15) is 4.79 Å². The first kappa shape index (κ1) is 12.6. The lowest BCUT2D eigenvalue weighted by atomic mass is 10.1. The third-order valence-corrected chi connectivity index (χ3v) is 2.27. The minimum atomic E-state index is -0.467. The SMILES string of the molecule is C=C(CCCCCC)OC(=O)c1ccco1. The third-order valence-electron chi connectivity index (χ3n) is 2.27. The fourth-order valence-corrected chi connectivity index (χ4v) is 1.38. The molecule has 1 rings (SSSR count). The minimum Gasteiger partial charge on any atom is -0.457 e. The van der Waals surface area contributed by atoms with Crippen LogP contribution in [-0.2, 0) is 4.74 Å². The van der Waals surface area contributed by atoms with Gasteiger partial charge in [-0.15, -0.1) is 0 Å². The van der Waals surface area contributed by atoms with Crippen molar-refractivity contribution in [3.8, 4) is 0 Å². The van der Waals surface area contributed by atoms with Crippen LogP contribution in [0, 0.1) is 0 Å². The number of furan rings is 1. The second-order valence-electron chi connectivity index (χ2n) is 3.72. The third kappa shape index (κ3) is 4.34. The molecule has 0 aliphatic rings. The zero-order valence-corrected chi connectivity index (χ0v) is 9.70. The first-order valence-electron chi connectivity index (χ1n) is 5.67. The minimum absolute atomic E-state index is 0.217. The van der Waals surface area contributed by atoms with Gasteiger partial charge in [-0.1, -0.05) is 32.8 Å². The van der Waals surface area contributed by atoms with Crippen LogP contribution in [0.1, 0.15) is 49.6 Å². The summed E-state index contributed by atoms with van der Waals surface area (Å²) in [6.07, 6.45) is 6.73. The molecule has 0 bridgehead atoms. The number of hydrogen-bond donors (Lipinski definition) is 0. The normalized spacial score (nSPS) is 10.1. The molecule has 0 atom stereocenters. The Morgan fingerprint density at radius 3 is 2.88 bits per heavy atom. The molecule has 1 heterocycles. The van der Waals surface area contributed by atoms with Crippen LogP contribution in [0.2, 0.25) is 0 Å². The molecule has 1 aromatic rings. The predicted molar refractivity (Wildman–Crippen MR) is 62.0 cm³/mol. The lowest BCUT2D eigenvalue weighted by Crippen LogP contribution is -2.03. The van der Waals surface area contributed by atoms with Gasteiger partial charge in [0.25, 0.3) is 0 Å². The van der Waals surface area contributed by atoms with Crippen LogP contribution in [0.4, 0.5) is 0 Å². The van der Waals surface area contributed by atoms with Gasteiger partial charge >= 0.3 is 5.97 Å². The maximum absolute atomic E-state index is 11.4. The molecule has 16 heavy (non-hydrogen) atoms. The highest BCUT2D eigenvalue weighted by Gasteiger charge is 2.11. The molecule has 88 valence electrons. The van der Waals surface area contributed by atoms with Crippen molar-refractivity contribution >= 4 is 5.97 Å². The van der Waals surface area contributed by atoms with Gasteiger partial charge in [0.05, 0.1) is 6.26 Å². The standard InChI is InChI=1S/C13H18O3/c1-3-4-5-6-8-11(2)16-13(14)12-9-7-10-15-12/h7,9-10H,2-6,8H2,1H3. The Labute approximate surface area is 96.1 Å². The molecule has 0 aliphatic carbocycles. The van der Waals surface area contributed by atoms with Crippen LogP contribution >= 0.6 is 0 Å². The molecule has 0 fully saturated rings. The average Bonchev–Trinajstić information content (AvgIpc) is 2.77. The van der Waals surface area contributed by atoms with Gasteiger partial charge < -0.3 is 9.15 Å². The van der Waals surface area contributed by atoms with Crippen LogP contribution in [0.3, 0.4) is 0 Å². The van der Waals surface area contributed by atoms with Gasteiger partial charge in [0.1, 0.15) is 5.76 Å². The summed E-state index contributed by atoms with van der Waals surface area (Å²) in [5.74, 6) is 0.262. The largest absolute Gasteiger partial charge is 0.457 e. The second kappa shape index (κ2) is 6.88. The summed E-state index contributed by atoms with van der Waals surface area (Å²) in [5.41, 5.74) is 0. The van der Waals surface area contributed by atoms with Crippen molar-refractivity contribution in [2.45, 2.75) is 39.0 Å². The quantitative estimate of drug-likeness (QED) is 0.399. The van der Waals surface area contributed by atoms with Gasteiger partial charge in [-0.05, 0) is 18.6 Å². The van der Waals surface area contributed by atoms with Crippen molar-refractivity contribution in [3.63, 3.8) is 0 Å². The monoisotopic (exact) mass is 222 g/mol. The molecule has 1 aromatic heterocycles. The molecule has 0 aliphatic heterocycles. The van der Waals surface area contributed by atoms with E-state index in [1.54, 1.807) is 12.1 Å². The lowest BCUT2D eigenvalue weighted by Gasteiger charge is -2.05. The van der Waals surface area contributed by atoms with E-state index in [4.69, 9.17) is 9.15 Å². The molecule has 3 heteroatoms. The molecule has 3 nitrogen and oxygen atoms in total. The molecule has 0 amide bonds. The van der Waals surface area contributed by atoms with E-state index >= 15 is 0 Å². The van der Waals surface area contributed by atoms with Gasteiger partial charge in [0.15, 0.2) is 0 Å². The van der Waals surface area contributed by atoms with E-state index in [1.165, 1.54) is 19.1 Å². The summed E-state index contributed by atoms with van der Waals surface area (Å²) in [4.78, 5) is 11.4. The van der Waals surface area contributed by atoms with Gasteiger partial charge in [0, 0.05) is 6.42 Å². The second-order valence-corrected chi connectivity index (χ2v) is 3.72. The fraction of sp³-hybridized carbons (Fsp3) is 0.462. The topological polar surface area (TPSA) is 39.4 Å². The average molecular weight is 222 g/mol. The maximum Gasteiger partial charge on any atom is 0.379 e. The molecule has 0 aromatic carbocycles. The van der Waals surface area contributed by atoms with Gasteiger partial charge in [-0.2, -0.15) is 0 Å². The van der Waals surface area contributed by atoms with Crippen molar-refractivity contribution in [2.75, 3.05) is 0 Å². The van der Waals surface area contributed by atoms with Crippen molar-refractivity contribution in [2.24, 2.45) is 0 Å². The van der Waals surface area contributed by atoms with Crippen LogP contribution in [0.25, 0.3) is 0 Å². The molecule has 0 unspecified atom stereocenters. The Bertz CT molecular complexity index is 325. The van der Waals surface area contributed by atoms with Crippen molar-refractivity contribution in [3.05, 3.63) is 36.5 Å². The van der Waals surface area contributed by atoms with Crippen LogP contribution in [0.15, 0.2) is 35.2 Å². The highest BCUT2D eigenvalue weighted by atomic mass is 16.5. The molecule has 0 saturated heterocycles. The molecule has 0 spiro atoms. The van der Waals surface area contributed by atoms with Crippen LogP contribution < -0.4 is 0 Å². The number of esters is 1. The zero-order chi connectivity index (χ0) is 11.8. The Balaban J connectivity index is 2.21. The van der Waals surface area contributed by atoms with Crippen LogP contribution in [0.5, 0.6) is 0 Å². The Kier molecular flexibility index (Phi) is 5.40. The van der Waals surface area contributed by atoms with Crippen molar-refractivity contribution < 1.29 is 13.9 Å². The van der Waals surface area contributed by atoms with Crippen molar-refractivity contribution in [1.29, 1.82) is 0 Å².